The van der Waals surface area contributed by atoms with Crippen LogP contribution in [0.15, 0.2) is 12.1 Å². The lowest BCUT2D eigenvalue weighted by Gasteiger charge is -2.11. The van der Waals surface area contributed by atoms with Gasteiger partial charge in [-0.1, -0.05) is 11.6 Å². The SMILES string of the molecule is Nc1cc(Cl)c(OC(F)(F)F)cc1I. The van der Waals surface area contributed by atoms with Crippen LogP contribution in [0.1, 0.15) is 0 Å². The van der Waals surface area contributed by atoms with Gasteiger partial charge in [-0.05, 0) is 34.7 Å². The summed E-state index contributed by atoms with van der Waals surface area (Å²) in [7, 11) is 0. The van der Waals surface area contributed by atoms with Gasteiger partial charge in [0.05, 0.1) is 5.02 Å². The smallest absolute Gasteiger partial charge is 0.404 e. The van der Waals surface area contributed by atoms with E-state index in [4.69, 9.17) is 17.3 Å². The molecule has 0 radical (unpaired) electrons. The van der Waals surface area contributed by atoms with Gasteiger partial charge in [0.1, 0.15) is 5.75 Å². The first kappa shape index (κ1) is 11.7. The number of alkyl halides is 3. The molecule has 7 heteroatoms. The molecule has 0 atom stereocenters. The van der Waals surface area contributed by atoms with E-state index in [9.17, 15) is 13.2 Å². The van der Waals surface area contributed by atoms with Gasteiger partial charge in [0.25, 0.3) is 0 Å². The summed E-state index contributed by atoms with van der Waals surface area (Å²) >= 11 is 7.29. The average Bonchev–Trinajstić information content (AvgIpc) is 1.97. The van der Waals surface area contributed by atoms with Crippen LogP contribution in [0.2, 0.25) is 5.02 Å². The average molecular weight is 337 g/mol. The van der Waals surface area contributed by atoms with E-state index in [1.54, 1.807) is 22.6 Å². The van der Waals surface area contributed by atoms with Gasteiger partial charge in [-0.3, -0.25) is 0 Å². The fourth-order valence-corrected chi connectivity index (χ4v) is 1.40. The van der Waals surface area contributed by atoms with Crippen molar-refractivity contribution in [2.24, 2.45) is 0 Å². The summed E-state index contributed by atoms with van der Waals surface area (Å²) in [5.74, 6) is -0.447. The number of nitrogens with two attached hydrogens (primary N) is 1. The van der Waals surface area contributed by atoms with Gasteiger partial charge in [0, 0.05) is 9.26 Å². The standard InChI is InChI=1S/C7H4ClF3INO/c8-3-1-5(13)4(12)2-6(3)14-7(9,10)11/h1-2H,13H2. The van der Waals surface area contributed by atoms with E-state index in [2.05, 4.69) is 4.74 Å². The molecule has 78 valence electrons. The van der Waals surface area contributed by atoms with Crippen LogP contribution in [0.25, 0.3) is 0 Å². The molecule has 0 saturated heterocycles. The maximum Gasteiger partial charge on any atom is 0.573 e. The van der Waals surface area contributed by atoms with Gasteiger partial charge in [0.15, 0.2) is 0 Å². The number of hydrogen-bond donors (Lipinski definition) is 1. The van der Waals surface area contributed by atoms with Crippen LogP contribution in [0, 0.1) is 3.57 Å². The predicted octanol–water partition coefficient (Wildman–Crippen LogP) is 3.43. The van der Waals surface area contributed by atoms with Crippen LogP contribution in [0.4, 0.5) is 18.9 Å². The number of halogens is 5. The van der Waals surface area contributed by atoms with Crippen LogP contribution < -0.4 is 10.5 Å². The van der Waals surface area contributed by atoms with Gasteiger partial charge < -0.3 is 10.5 Å². The van der Waals surface area contributed by atoms with Crippen molar-refractivity contribution in [3.05, 3.63) is 20.7 Å². The van der Waals surface area contributed by atoms with Crippen molar-refractivity contribution >= 4 is 39.9 Å². The molecule has 1 aromatic rings. The fourth-order valence-electron chi connectivity index (χ4n) is 0.747. The summed E-state index contributed by atoms with van der Waals surface area (Å²) in [6, 6.07) is 2.34. The Morgan fingerprint density at radius 2 is 1.93 bits per heavy atom. The molecule has 0 heterocycles. The zero-order valence-electron chi connectivity index (χ0n) is 6.53. The summed E-state index contributed by atoms with van der Waals surface area (Å²) in [4.78, 5) is 0. The molecule has 2 N–H and O–H groups in total. The molecule has 0 aliphatic carbocycles. The fraction of sp³-hybridized carbons (Fsp3) is 0.143. The second kappa shape index (κ2) is 4.01. The van der Waals surface area contributed by atoms with Crippen molar-refractivity contribution in [3.63, 3.8) is 0 Å². The molecule has 1 aromatic carbocycles. The van der Waals surface area contributed by atoms with E-state index in [0.29, 0.717) is 9.26 Å². The van der Waals surface area contributed by atoms with Crippen molar-refractivity contribution in [2.45, 2.75) is 6.36 Å². The third-order valence-electron chi connectivity index (χ3n) is 1.28. The van der Waals surface area contributed by atoms with Crippen molar-refractivity contribution in [2.75, 3.05) is 5.73 Å². The van der Waals surface area contributed by atoms with Gasteiger partial charge in [-0.2, -0.15) is 0 Å². The number of hydrogen-bond acceptors (Lipinski definition) is 2. The Hall–Kier alpha value is -0.370. The number of nitrogen functional groups attached to an aromatic ring is 1. The van der Waals surface area contributed by atoms with Gasteiger partial charge in [-0.15, -0.1) is 13.2 Å². The predicted molar refractivity (Wildman–Crippen MR) is 55.3 cm³/mol. The first-order valence-electron chi connectivity index (χ1n) is 3.30. The lowest BCUT2D eigenvalue weighted by atomic mass is 10.3. The Morgan fingerprint density at radius 3 is 2.43 bits per heavy atom. The van der Waals surface area contributed by atoms with Gasteiger partial charge >= 0.3 is 6.36 Å². The van der Waals surface area contributed by atoms with Crippen LogP contribution >= 0.6 is 34.2 Å². The highest BCUT2D eigenvalue weighted by Crippen LogP contribution is 2.34. The lowest BCUT2D eigenvalue weighted by Crippen LogP contribution is -2.17. The monoisotopic (exact) mass is 337 g/mol. The summed E-state index contributed by atoms with van der Waals surface area (Å²) in [5.41, 5.74) is 5.73. The second-order valence-electron chi connectivity index (χ2n) is 2.35. The highest BCUT2D eigenvalue weighted by atomic mass is 127. The van der Waals surface area contributed by atoms with Gasteiger partial charge in [-0.25, -0.2) is 0 Å². The van der Waals surface area contributed by atoms with E-state index in [1.165, 1.54) is 6.07 Å². The van der Waals surface area contributed by atoms with Crippen molar-refractivity contribution in [1.29, 1.82) is 0 Å². The number of rotatable bonds is 1. The molecule has 0 fully saturated rings. The minimum Gasteiger partial charge on any atom is -0.404 e. The summed E-state index contributed by atoms with van der Waals surface area (Å²) in [6.07, 6.45) is -4.75. The van der Waals surface area contributed by atoms with Crippen LogP contribution in [0.3, 0.4) is 0 Å². The molecule has 0 saturated carbocycles. The molecular formula is C7H4ClF3INO. The summed E-state index contributed by atoms with van der Waals surface area (Å²) in [5, 5.41) is -0.166. The first-order valence-corrected chi connectivity index (χ1v) is 4.75. The highest BCUT2D eigenvalue weighted by Gasteiger charge is 2.32. The number of ether oxygens (including phenoxy) is 1. The van der Waals surface area contributed by atoms with Gasteiger partial charge in [0.2, 0.25) is 0 Å². The van der Waals surface area contributed by atoms with Crippen LogP contribution in [-0.2, 0) is 0 Å². The quantitative estimate of drug-likeness (QED) is 0.629. The van der Waals surface area contributed by atoms with Crippen LogP contribution in [-0.4, -0.2) is 6.36 Å². The maximum atomic E-state index is 11.8. The molecule has 2 nitrogen and oxygen atoms in total. The topological polar surface area (TPSA) is 35.2 Å². The molecule has 0 unspecified atom stereocenters. The van der Waals surface area contributed by atoms with Crippen molar-refractivity contribution < 1.29 is 17.9 Å². The zero-order valence-corrected chi connectivity index (χ0v) is 9.44. The molecule has 0 bridgehead atoms. The zero-order chi connectivity index (χ0) is 10.9. The molecule has 0 spiro atoms. The Kier molecular flexibility index (Phi) is 3.36. The lowest BCUT2D eigenvalue weighted by molar-refractivity contribution is -0.274. The summed E-state index contributed by atoms with van der Waals surface area (Å²) < 4.78 is 39.6. The molecule has 1 rings (SSSR count). The van der Waals surface area contributed by atoms with Crippen molar-refractivity contribution in [3.8, 4) is 5.75 Å². The Balaban J connectivity index is 3.04. The second-order valence-corrected chi connectivity index (χ2v) is 3.92. The third kappa shape index (κ3) is 3.09. The molecule has 0 aromatic heterocycles. The maximum absolute atomic E-state index is 11.8. The first-order chi connectivity index (χ1) is 6.29. The minimum atomic E-state index is -4.75. The van der Waals surface area contributed by atoms with Crippen LogP contribution in [0.5, 0.6) is 5.75 Å². The molecule has 14 heavy (non-hydrogen) atoms. The molecule has 0 aliphatic heterocycles. The number of benzene rings is 1. The van der Waals surface area contributed by atoms with E-state index in [1.807, 2.05) is 0 Å². The molecule has 0 aliphatic rings. The van der Waals surface area contributed by atoms with E-state index in [0.717, 1.165) is 6.07 Å². The molecule has 0 amide bonds. The minimum absolute atomic E-state index is 0.166. The third-order valence-corrected chi connectivity index (χ3v) is 2.51. The van der Waals surface area contributed by atoms with E-state index in [-0.39, 0.29) is 5.02 Å². The Labute approximate surface area is 96.3 Å². The molecular weight excluding hydrogens is 333 g/mol. The van der Waals surface area contributed by atoms with E-state index >= 15 is 0 Å². The normalized spacial score (nSPS) is 11.5. The van der Waals surface area contributed by atoms with Crippen molar-refractivity contribution in [1.82, 2.24) is 0 Å². The number of anilines is 1. The largest absolute Gasteiger partial charge is 0.573 e. The Morgan fingerprint density at radius 1 is 1.36 bits per heavy atom. The summed E-state index contributed by atoms with van der Waals surface area (Å²) in [6.45, 7) is 0. The Bertz CT molecular complexity index is 356. The van der Waals surface area contributed by atoms with E-state index < -0.39 is 12.1 Å². The highest BCUT2D eigenvalue weighted by molar-refractivity contribution is 14.1.